The SMILES string of the molecule is CCCOc1ccc(C(=O)NC(=S)NNC(=O)C(c2ccccc2)c2ccccc2)cc1. The first-order valence-electron chi connectivity index (χ1n) is 10.3. The minimum absolute atomic E-state index is 0.00506. The summed E-state index contributed by atoms with van der Waals surface area (Å²) in [7, 11) is 0. The van der Waals surface area contributed by atoms with E-state index in [-0.39, 0.29) is 16.9 Å². The van der Waals surface area contributed by atoms with E-state index >= 15 is 0 Å². The van der Waals surface area contributed by atoms with Gasteiger partial charge in [0.05, 0.1) is 12.5 Å². The Balaban J connectivity index is 1.59. The molecular formula is C25H25N3O3S. The fourth-order valence-corrected chi connectivity index (χ4v) is 3.25. The number of rotatable bonds is 7. The largest absolute Gasteiger partial charge is 0.494 e. The number of hydrogen-bond acceptors (Lipinski definition) is 4. The van der Waals surface area contributed by atoms with Gasteiger partial charge in [0.15, 0.2) is 5.11 Å². The summed E-state index contributed by atoms with van der Waals surface area (Å²) in [6.07, 6.45) is 0.906. The molecule has 0 atom stereocenters. The number of amides is 2. The van der Waals surface area contributed by atoms with Gasteiger partial charge in [-0.15, -0.1) is 0 Å². The Morgan fingerprint density at radius 3 is 1.94 bits per heavy atom. The predicted molar refractivity (Wildman–Crippen MR) is 128 cm³/mol. The molecule has 32 heavy (non-hydrogen) atoms. The average Bonchev–Trinajstić information content (AvgIpc) is 2.83. The van der Waals surface area contributed by atoms with E-state index in [9.17, 15) is 9.59 Å². The molecule has 7 heteroatoms. The fourth-order valence-electron chi connectivity index (χ4n) is 3.11. The van der Waals surface area contributed by atoms with E-state index in [0.29, 0.717) is 17.9 Å². The zero-order chi connectivity index (χ0) is 22.8. The highest BCUT2D eigenvalue weighted by Crippen LogP contribution is 2.24. The molecule has 0 bridgehead atoms. The molecular weight excluding hydrogens is 422 g/mol. The molecule has 2 amide bonds. The van der Waals surface area contributed by atoms with Crippen LogP contribution in [0.15, 0.2) is 84.9 Å². The van der Waals surface area contributed by atoms with Crippen LogP contribution in [0.2, 0.25) is 0 Å². The number of carbonyl (C=O) groups is 2. The van der Waals surface area contributed by atoms with Crippen molar-refractivity contribution in [2.45, 2.75) is 19.3 Å². The molecule has 0 aliphatic rings. The second-order valence-electron chi connectivity index (χ2n) is 7.02. The second-order valence-corrected chi connectivity index (χ2v) is 7.43. The van der Waals surface area contributed by atoms with Gasteiger partial charge in [-0.1, -0.05) is 67.6 Å². The van der Waals surface area contributed by atoms with Gasteiger partial charge in [0.1, 0.15) is 5.75 Å². The first-order valence-corrected chi connectivity index (χ1v) is 10.7. The molecule has 0 aromatic heterocycles. The Labute approximate surface area is 193 Å². The van der Waals surface area contributed by atoms with Crippen molar-refractivity contribution < 1.29 is 14.3 Å². The molecule has 0 radical (unpaired) electrons. The number of carbonyl (C=O) groups excluding carboxylic acids is 2. The maximum absolute atomic E-state index is 13.0. The number of hydrogen-bond donors (Lipinski definition) is 3. The molecule has 0 saturated heterocycles. The van der Waals surface area contributed by atoms with Crippen LogP contribution in [0.5, 0.6) is 5.75 Å². The zero-order valence-electron chi connectivity index (χ0n) is 17.7. The van der Waals surface area contributed by atoms with Crippen molar-refractivity contribution >= 4 is 29.1 Å². The topological polar surface area (TPSA) is 79.5 Å². The number of thiocarbonyl (C=S) groups is 1. The minimum atomic E-state index is -0.529. The molecule has 164 valence electrons. The second kappa shape index (κ2) is 11.6. The lowest BCUT2D eigenvalue weighted by molar-refractivity contribution is -0.122. The van der Waals surface area contributed by atoms with E-state index in [1.807, 2.05) is 67.6 Å². The van der Waals surface area contributed by atoms with Crippen LogP contribution < -0.4 is 20.9 Å². The van der Waals surface area contributed by atoms with Crippen LogP contribution in [0.3, 0.4) is 0 Å². The van der Waals surface area contributed by atoms with E-state index < -0.39 is 5.92 Å². The van der Waals surface area contributed by atoms with Crippen molar-refractivity contribution in [1.29, 1.82) is 0 Å². The third kappa shape index (κ3) is 6.39. The Kier molecular flexibility index (Phi) is 8.34. The first kappa shape index (κ1) is 23.0. The quantitative estimate of drug-likeness (QED) is 0.378. The van der Waals surface area contributed by atoms with Crippen molar-refractivity contribution in [3.8, 4) is 5.75 Å². The first-order chi connectivity index (χ1) is 15.6. The fraction of sp³-hybridized carbons (Fsp3) is 0.160. The highest BCUT2D eigenvalue weighted by Gasteiger charge is 2.22. The summed E-state index contributed by atoms with van der Waals surface area (Å²) < 4.78 is 5.51. The van der Waals surface area contributed by atoms with Crippen LogP contribution in [-0.2, 0) is 4.79 Å². The highest BCUT2D eigenvalue weighted by molar-refractivity contribution is 7.80. The van der Waals surface area contributed by atoms with Crippen molar-refractivity contribution in [3.63, 3.8) is 0 Å². The molecule has 6 nitrogen and oxygen atoms in total. The molecule has 0 unspecified atom stereocenters. The maximum atomic E-state index is 13.0. The molecule has 0 aliphatic heterocycles. The Morgan fingerprint density at radius 1 is 0.844 bits per heavy atom. The van der Waals surface area contributed by atoms with Gasteiger partial charge in [-0.2, -0.15) is 0 Å². The van der Waals surface area contributed by atoms with Crippen LogP contribution in [0.25, 0.3) is 0 Å². The van der Waals surface area contributed by atoms with E-state index in [1.165, 1.54) is 0 Å². The third-order valence-electron chi connectivity index (χ3n) is 4.64. The van der Waals surface area contributed by atoms with E-state index in [0.717, 1.165) is 17.5 Å². The number of ether oxygens (including phenoxy) is 1. The zero-order valence-corrected chi connectivity index (χ0v) is 18.5. The van der Waals surface area contributed by atoms with Gasteiger partial charge in [-0.25, -0.2) is 0 Å². The smallest absolute Gasteiger partial charge is 0.257 e. The van der Waals surface area contributed by atoms with Gasteiger partial charge in [0.25, 0.3) is 5.91 Å². The normalized spacial score (nSPS) is 10.3. The lowest BCUT2D eigenvalue weighted by Crippen LogP contribution is -2.49. The summed E-state index contributed by atoms with van der Waals surface area (Å²) in [6.45, 7) is 2.64. The molecule has 3 N–H and O–H groups in total. The van der Waals surface area contributed by atoms with Crippen molar-refractivity contribution in [3.05, 3.63) is 102 Å². The van der Waals surface area contributed by atoms with Crippen LogP contribution >= 0.6 is 12.2 Å². The van der Waals surface area contributed by atoms with Crippen LogP contribution in [0.4, 0.5) is 0 Å². The monoisotopic (exact) mass is 447 g/mol. The van der Waals surface area contributed by atoms with Crippen LogP contribution in [0.1, 0.15) is 40.7 Å². The van der Waals surface area contributed by atoms with Crippen molar-refractivity contribution in [2.24, 2.45) is 0 Å². The van der Waals surface area contributed by atoms with E-state index in [2.05, 4.69) is 16.2 Å². The molecule has 3 aromatic carbocycles. The molecule has 0 fully saturated rings. The molecule has 3 aromatic rings. The summed E-state index contributed by atoms with van der Waals surface area (Å²) in [4.78, 5) is 25.4. The Morgan fingerprint density at radius 2 is 1.41 bits per heavy atom. The summed E-state index contributed by atoms with van der Waals surface area (Å²) in [5.41, 5.74) is 7.34. The summed E-state index contributed by atoms with van der Waals surface area (Å²) >= 11 is 5.17. The van der Waals surface area contributed by atoms with Gasteiger partial charge in [-0.05, 0) is 54.0 Å². The van der Waals surface area contributed by atoms with Gasteiger partial charge in [-0.3, -0.25) is 25.8 Å². The molecule has 0 aliphatic carbocycles. The Bertz CT molecular complexity index is 1000. The summed E-state index contributed by atoms with van der Waals surface area (Å²) in [5.74, 6) is -0.513. The van der Waals surface area contributed by atoms with Gasteiger partial charge < -0.3 is 4.74 Å². The molecule has 0 heterocycles. The standard InChI is InChI=1S/C25H25N3O3S/c1-2-17-31-21-15-13-20(14-16-21)23(29)26-25(32)28-27-24(30)22(18-9-5-3-6-10-18)19-11-7-4-8-12-19/h3-16,22H,2,17H2,1H3,(H,27,30)(H2,26,28,29,32). The molecule has 0 spiro atoms. The number of benzene rings is 3. The lowest BCUT2D eigenvalue weighted by Gasteiger charge is -2.19. The minimum Gasteiger partial charge on any atom is -0.494 e. The Hall–Kier alpha value is -3.71. The molecule has 3 rings (SSSR count). The van der Waals surface area contributed by atoms with Crippen LogP contribution in [0, 0.1) is 0 Å². The van der Waals surface area contributed by atoms with Gasteiger partial charge in [0, 0.05) is 5.56 Å². The summed E-state index contributed by atoms with van der Waals surface area (Å²) in [5, 5.41) is 2.55. The van der Waals surface area contributed by atoms with Gasteiger partial charge >= 0.3 is 0 Å². The van der Waals surface area contributed by atoms with Crippen molar-refractivity contribution in [1.82, 2.24) is 16.2 Å². The van der Waals surface area contributed by atoms with Crippen LogP contribution in [-0.4, -0.2) is 23.5 Å². The van der Waals surface area contributed by atoms with E-state index in [4.69, 9.17) is 17.0 Å². The van der Waals surface area contributed by atoms with E-state index in [1.54, 1.807) is 24.3 Å². The number of hydrazine groups is 1. The lowest BCUT2D eigenvalue weighted by atomic mass is 9.91. The third-order valence-corrected chi connectivity index (χ3v) is 4.85. The maximum Gasteiger partial charge on any atom is 0.257 e. The molecule has 0 saturated carbocycles. The predicted octanol–water partition coefficient (Wildman–Crippen LogP) is 3.94. The average molecular weight is 448 g/mol. The van der Waals surface area contributed by atoms with Gasteiger partial charge in [0.2, 0.25) is 5.91 Å². The summed E-state index contributed by atoms with van der Waals surface area (Å²) in [6, 6.07) is 25.7. The highest BCUT2D eigenvalue weighted by atomic mass is 32.1. The van der Waals surface area contributed by atoms with Crippen molar-refractivity contribution in [2.75, 3.05) is 6.61 Å². The number of nitrogens with one attached hydrogen (secondary N) is 3.